The lowest BCUT2D eigenvalue weighted by Gasteiger charge is -2.00. The molecule has 0 N–H and O–H groups in total. The lowest BCUT2D eigenvalue weighted by molar-refractivity contribution is 1.10. The highest BCUT2D eigenvalue weighted by Gasteiger charge is 2.09. The smallest absolute Gasteiger partial charge is 0.0169 e. The van der Waals surface area contributed by atoms with Gasteiger partial charge in [-0.2, -0.15) is 0 Å². The van der Waals surface area contributed by atoms with Crippen LogP contribution < -0.4 is 0 Å². The Labute approximate surface area is 106 Å². The summed E-state index contributed by atoms with van der Waals surface area (Å²) in [6.07, 6.45) is 2.29. The van der Waals surface area contributed by atoms with Crippen molar-refractivity contribution in [3.8, 4) is 0 Å². The van der Waals surface area contributed by atoms with Gasteiger partial charge in [-0.05, 0) is 50.5 Å². The molecular formula is C14H18S2. The van der Waals surface area contributed by atoms with Crippen molar-refractivity contribution < 1.29 is 0 Å². The average Bonchev–Trinajstić information content (AvgIpc) is 2.71. The van der Waals surface area contributed by atoms with Crippen molar-refractivity contribution in [3.63, 3.8) is 0 Å². The van der Waals surface area contributed by atoms with Crippen LogP contribution >= 0.6 is 22.7 Å². The van der Waals surface area contributed by atoms with Gasteiger partial charge in [0, 0.05) is 25.9 Å². The zero-order chi connectivity index (χ0) is 11.7. The van der Waals surface area contributed by atoms with Gasteiger partial charge in [0.05, 0.1) is 0 Å². The predicted octanol–water partition coefficient (Wildman–Crippen LogP) is 4.89. The van der Waals surface area contributed by atoms with E-state index < -0.39 is 0 Å². The maximum Gasteiger partial charge on any atom is 0.0169 e. The third kappa shape index (κ3) is 2.38. The second-order valence-electron chi connectivity index (χ2n) is 4.30. The molecule has 0 saturated heterocycles. The minimum atomic E-state index is 1.13. The van der Waals surface area contributed by atoms with E-state index in [-0.39, 0.29) is 0 Å². The van der Waals surface area contributed by atoms with Crippen molar-refractivity contribution in [2.45, 2.75) is 40.5 Å². The van der Waals surface area contributed by atoms with E-state index in [1.807, 2.05) is 22.7 Å². The van der Waals surface area contributed by atoms with E-state index in [9.17, 15) is 0 Å². The molecule has 0 amide bonds. The summed E-state index contributed by atoms with van der Waals surface area (Å²) in [4.78, 5) is 5.97. The van der Waals surface area contributed by atoms with Gasteiger partial charge in [0.1, 0.15) is 0 Å². The number of aryl methyl sites for hydroxylation is 4. The van der Waals surface area contributed by atoms with Crippen LogP contribution in [-0.4, -0.2) is 0 Å². The molecule has 2 aromatic heterocycles. The van der Waals surface area contributed by atoms with Crippen LogP contribution in [0.15, 0.2) is 12.1 Å². The molecule has 0 aliphatic rings. The minimum Gasteiger partial charge on any atom is -0.145 e. The summed E-state index contributed by atoms with van der Waals surface area (Å²) in [5, 5.41) is 0. The van der Waals surface area contributed by atoms with Crippen molar-refractivity contribution in [2.24, 2.45) is 0 Å². The molecule has 0 aromatic carbocycles. The van der Waals surface area contributed by atoms with E-state index in [1.165, 1.54) is 25.8 Å². The molecular weight excluding hydrogens is 232 g/mol. The molecule has 0 nitrogen and oxygen atoms in total. The second kappa shape index (κ2) is 4.72. The maximum atomic E-state index is 2.34. The number of rotatable bonds is 3. The average molecular weight is 250 g/mol. The summed E-state index contributed by atoms with van der Waals surface area (Å²) in [6.45, 7) is 8.88. The normalized spacial score (nSPS) is 11.0. The topological polar surface area (TPSA) is 0 Å². The zero-order valence-corrected chi connectivity index (χ0v) is 12.0. The largest absolute Gasteiger partial charge is 0.145 e. The standard InChI is InChI=1S/C14H18S2/c1-5-12-7-11(4)16-14(12)8-13-9(2)6-10(3)15-13/h6-7H,5,8H2,1-4H3. The van der Waals surface area contributed by atoms with Crippen LogP contribution in [0.3, 0.4) is 0 Å². The Balaban J connectivity index is 2.29. The van der Waals surface area contributed by atoms with Gasteiger partial charge < -0.3 is 0 Å². The summed E-state index contributed by atoms with van der Waals surface area (Å²) in [7, 11) is 0. The Morgan fingerprint density at radius 2 is 1.56 bits per heavy atom. The van der Waals surface area contributed by atoms with Crippen molar-refractivity contribution in [1.82, 2.24) is 0 Å². The molecule has 0 radical (unpaired) electrons. The third-order valence-corrected chi connectivity index (χ3v) is 5.11. The van der Waals surface area contributed by atoms with E-state index in [0.29, 0.717) is 0 Å². The molecule has 2 heterocycles. The van der Waals surface area contributed by atoms with E-state index in [4.69, 9.17) is 0 Å². The summed E-state index contributed by atoms with van der Waals surface area (Å²) in [5.74, 6) is 0. The monoisotopic (exact) mass is 250 g/mol. The lowest BCUT2D eigenvalue weighted by Crippen LogP contribution is -1.87. The van der Waals surface area contributed by atoms with Crippen LogP contribution in [0.25, 0.3) is 0 Å². The fourth-order valence-electron chi connectivity index (χ4n) is 2.08. The van der Waals surface area contributed by atoms with Gasteiger partial charge in [-0.15, -0.1) is 22.7 Å². The molecule has 0 aliphatic heterocycles. The number of hydrogen-bond donors (Lipinski definition) is 0. The van der Waals surface area contributed by atoms with Crippen molar-refractivity contribution in [3.05, 3.63) is 42.8 Å². The highest BCUT2D eigenvalue weighted by Crippen LogP contribution is 2.29. The van der Waals surface area contributed by atoms with E-state index in [2.05, 4.69) is 39.8 Å². The van der Waals surface area contributed by atoms with Crippen LogP contribution in [0, 0.1) is 20.8 Å². The molecule has 16 heavy (non-hydrogen) atoms. The summed E-state index contributed by atoms with van der Waals surface area (Å²) in [5.41, 5.74) is 2.99. The van der Waals surface area contributed by atoms with Gasteiger partial charge >= 0.3 is 0 Å². The Kier molecular flexibility index (Phi) is 3.50. The van der Waals surface area contributed by atoms with Crippen molar-refractivity contribution in [1.29, 1.82) is 0 Å². The fraction of sp³-hybridized carbons (Fsp3) is 0.429. The van der Waals surface area contributed by atoms with Gasteiger partial charge in [0.2, 0.25) is 0 Å². The Bertz CT molecular complexity index is 489. The molecule has 0 saturated carbocycles. The first-order valence-electron chi connectivity index (χ1n) is 5.74. The first-order valence-corrected chi connectivity index (χ1v) is 7.37. The zero-order valence-electron chi connectivity index (χ0n) is 10.4. The molecule has 2 aromatic rings. The van der Waals surface area contributed by atoms with E-state index >= 15 is 0 Å². The molecule has 0 fully saturated rings. The molecule has 0 atom stereocenters. The first-order chi connectivity index (χ1) is 7.60. The Morgan fingerprint density at radius 1 is 0.938 bits per heavy atom. The van der Waals surface area contributed by atoms with Crippen LogP contribution in [0.5, 0.6) is 0 Å². The molecule has 0 bridgehead atoms. The maximum absolute atomic E-state index is 2.34. The molecule has 2 heteroatoms. The molecule has 86 valence electrons. The summed E-state index contributed by atoms with van der Waals surface area (Å²) >= 11 is 3.90. The fourth-order valence-corrected chi connectivity index (χ4v) is 4.37. The Hall–Kier alpha value is -0.600. The number of thiophene rings is 2. The van der Waals surface area contributed by atoms with Gasteiger partial charge in [-0.1, -0.05) is 6.92 Å². The molecule has 0 spiro atoms. The van der Waals surface area contributed by atoms with E-state index in [0.717, 1.165) is 12.8 Å². The van der Waals surface area contributed by atoms with Gasteiger partial charge in [0.15, 0.2) is 0 Å². The SMILES string of the molecule is CCc1cc(C)sc1Cc1sc(C)cc1C. The minimum absolute atomic E-state index is 1.13. The van der Waals surface area contributed by atoms with Crippen molar-refractivity contribution in [2.75, 3.05) is 0 Å². The highest BCUT2D eigenvalue weighted by atomic mass is 32.1. The lowest BCUT2D eigenvalue weighted by atomic mass is 10.1. The summed E-state index contributed by atoms with van der Waals surface area (Å²) in [6, 6.07) is 4.64. The van der Waals surface area contributed by atoms with E-state index in [1.54, 1.807) is 4.88 Å². The van der Waals surface area contributed by atoms with Crippen LogP contribution in [0.4, 0.5) is 0 Å². The van der Waals surface area contributed by atoms with Crippen LogP contribution in [0.2, 0.25) is 0 Å². The molecule has 0 aliphatic carbocycles. The molecule has 0 unspecified atom stereocenters. The van der Waals surface area contributed by atoms with Crippen LogP contribution in [0.1, 0.15) is 37.6 Å². The van der Waals surface area contributed by atoms with Gasteiger partial charge in [-0.3, -0.25) is 0 Å². The highest BCUT2D eigenvalue weighted by molar-refractivity contribution is 7.13. The quantitative estimate of drug-likeness (QED) is 0.727. The first kappa shape index (κ1) is 11.9. The van der Waals surface area contributed by atoms with Crippen LogP contribution in [-0.2, 0) is 12.8 Å². The van der Waals surface area contributed by atoms with Gasteiger partial charge in [0.25, 0.3) is 0 Å². The number of hydrogen-bond acceptors (Lipinski definition) is 2. The Morgan fingerprint density at radius 3 is 2.12 bits per heavy atom. The third-order valence-electron chi connectivity index (χ3n) is 2.87. The van der Waals surface area contributed by atoms with Gasteiger partial charge in [-0.25, -0.2) is 0 Å². The van der Waals surface area contributed by atoms with Crippen molar-refractivity contribution >= 4 is 22.7 Å². The predicted molar refractivity (Wildman–Crippen MR) is 75.0 cm³/mol. The second-order valence-corrected chi connectivity index (χ2v) is 6.98. The summed E-state index contributed by atoms with van der Waals surface area (Å²) < 4.78 is 0. The molecule has 2 rings (SSSR count).